The van der Waals surface area contributed by atoms with Gasteiger partial charge in [-0.15, -0.1) is 0 Å². The Morgan fingerprint density at radius 3 is 2.74 bits per heavy atom. The van der Waals surface area contributed by atoms with E-state index in [9.17, 15) is 4.79 Å². The topological polar surface area (TPSA) is 71.2 Å². The number of amides is 1. The van der Waals surface area contributed by atoms with Crippen LogP contribution in [0.5, 0.6) is 0 Å². The van der Waals surface area contributed by atoms with Crippen molar-refractivity contribution in [2.24, 2.45) is 0 Å². The summed E-state index contributed by atoms with van der Waals surface area (Å²) < 4.78 is 0. The van der Waals surface area contributed by atoms with Crippen LogP contribution < -0.4 is 11.1 Å². The number of hydrogen-bond donors (Lipinski definition) is 2. The van der Waals surface area contributed by atoms with Crippen molar-refractivity contribution in [1.29, 1.82) is 0 Å². The van der Waals surface area contributed by atoms with Gasteiger partial charge in [0.15, 0.2) is 0 Å². The number of carbonyl (C=O) groups excluding carboxylic acids is 1. The first-order valence-corrected chi connectivity index (χ1v) is 6.79. The van der Waals surface area contributed by atoms with E-state index >= 15 is 0 Å². The summed E-state index contributed by atoms with van der Waals surface area (Å²) in [7, 11) is 0. The molecule has 1 unspecified atom stereocenters. The average Bonchev–Trinajstić information content (AvgIpc) is 2.38. The summed E-state index contributed by atoms with van der Waals surface area (Å²) in [6, 6.07) is 1.57. The predicted octanol–water partition coefficient (Wildman–Crippen LogP) is 1.78. The van der Waals surface area contributed by atoms with E-state index in [1.165, 1.54) is 12.3 Å². The Morgan fingerprint density at radius 1 is 1.53 bits per heavy atom. The van der Waals surface area contributed by atoms with Gasteiger partial charge in [0.05, 0.1) is 17.4 Å². The maximum Gasteiger partial charge on any atom is 0.254 e. The highest BCUT2D eigenvalue weighted by Crippen LogP contribution is 2.15. The largest absolute Gasteiger partial charge is 0.397 e. The number of anilines is 1. The van der Waals surface area contributed by atoms with Crippen LogP contribution in [0.4, 0.5) is 5.69 Å². The summed E-state index contributed by atoms with van der Waals surface area (Å²) in [5.41, 5.74) is 6.35. The lowest BCUT2D eigenvalue weighted by atomic mass is 10.2. The average molecular weight is 285 g/mol. The molecule has 3 N–H and O–H groups in total. The number of nitrogen functional groups attached to an aromatic ring is 1. The summed E-state index contributed by atoms with van der Waals surface area (Å²) in [4.78, 5) is 18.2. The number of aromatic nitrogens is 1. The second kappa shape index (κ2) is 7.31. The molecule has 0 aliphatic carbocycles. The number of hydrogen-bond acceptors (Lipinski definition) is 4. The second-order valence-corrected chi connectivity index (χ2v) is 4.83. The molecule has 6 heteroatoms. The van der Waals surface area contributed by atoms with E-state index in [4.69, 9.17) is 17.3 Å². The zero-order valence-electron chi connectivity index (χ0n) is 11.6. The van der Waals surface area contributed by atoms with Gasteiger partial charge in [0.25, 0.3) is 5.91 Å². The predicted molar refractivity (Wildman–Crippen MR) is 78.4 cm³/mol. The molecule has 0 radical (unpaired) electrons. The van der Waals surface area contributed by atoms with E-state index in [0.717, 1.165) is 19.6 Å². The third-order valence-electron chi connectivity index (χ3n) is 2.91. The summed E-state index contributed by atoms with van der Waals surface area (Å²) in [5.74, 6) is -0.246. The number of nitrogens with zero attached hydrogens (tertiary/aromatic N) is 2. The Balaban J connectivity index is 2.66. The third-order valence-corrected chi connectivity index (χ3v) is 3.21. The molecule has 106 valence electrons. The highest BCUT2D eigenvalue weighted by atomic mass is 35.5. The Morgan fingerprint density at radius 2 is 2.16 bits per heavy atom. The zero-order chi connectivity index (χ0) is 14.4. The first kappa shape index (κ1) is 15.7. The Labute approximate surface area is 119 Å². The lowest BCUT2D eigenvalue weighted by Crippen LogP contribution is -2.42. The third kappa shape index (κ3) is 4.69. The van der Waals surface area contributed by atoms with E-state index in [1.807, 2.05) is 6.92 Å². The lowest BCUT2D eigenvalue weighted by molar-refractivity contribution is 0.0930. The van der Waals surface area contributed by atoms with E-state index in [-0.39, 0.29) is 17.1 Å². The maximum atomic E-state index is 12.1. The SMILES string of the molecule is CCN(CC)CC(C)NC(=O)c1cc(N)cnc1Cl. The molecule has 0 aliphatic rings. The van der Waals surface area contributed by atoms with E-state index in [1.54, 1.807) is 0 Å². The van der Waals surface area contributed by atoms with Crippen molar-refractivity contribution in [3.05, 3.63) is 23.0 Å². The van der Waals surface area contributed by atoms with Gasteiger partial charge < -0.3 is 16.0 Å². The smallest absolute Gasteiger partial charge is 0.254 e. The minimum atomic E-state index is -0.246. The molecule has 0 fully saturated rings. The van der Waals surface area contributed by atoms with Crippen LogP contribution in [0.1, 0.15) is 31.1 Å². The molecule has 1 aromatic rings. The van der Waals surface area contributed by atoms with Gasteiger partial charge in [0.1, 0.15) is 5.15 Å². The van der Waals surface area contributed by atoms with Crippen molar-refractivity contribution < 1.29 is 4.79 Å². The molecular formula is C13H21ClN4O. The van der Waals surface area contributed by atoms with Gasteiger partial charge in [0, 0.05) is 12.6 Å². The molecule has 1 aromatic heterocycles. The van der Waals surface area contributed by atoms with Crippen LogP contribution >= 0.6 is 11.6 Å². The number of likely N-dealkylation sites (N-methyl/N-ethyl adjacent to an activating group) is 1. The molecule has 0 spiro atoms. The van der Waals surface area contributed by atoms with Gasteiger partial charge in [-0.1, -0.05) is 25.4 Å². The fourth-order valence-corrected chi connectivity index (χ4v) is 2.03. The van der Waals surface area contributed by atoms with Crippen LogP contribution in [0, 0.1) is 0 Å². The quantitative estimate of drug-likeness (QED) is 0.781. The molecule has 0 aromatic carbocycles. The van der Waals surface area contributed by atoms with Crippen LogP contribution in [0.3, 0.4) is 0 Å². The monoisotopic (exact) mass is 284 g/mol. The Hall–Kier alpha value is -1.33. The highest BCUT2D eigenvalue weighted by molar-refractivity contribution is 6.32. The summed E-state index contributed by atoms with van der Waals surface area (Å²) in [5, 5.41) is 3.07. The van der Waals surface area contributed by atoms with Crippen molar-refractivity contribution >= 4 is 23.2 Å². The lowest BCUT2D eigenvalue weighted by Gasteiger charge is -2.23. The maximum absolute atomic E-state index is 12.1. The van der Waals surface area contributed by atoms with Gasteiger partial charge in [-0.3, -0.25) is 4.79 Å². The molecule has 0 aliphatic heterocycles. The van der Waals surface area contributed by atoms with Crippen molar-refractivity contribution in [3.63, 3.8) is 0 Å². The zero-order valence-corrected chi connectivity index (χ0v) is 12.4. The fourth-order valence-electron chi connectivity index (χ4n) is 1.84. The van der Waals surface area contributed by atoms with Gasteiger partial charge in [-0.05, 0) is 26.1 Å². The number of nitrogens with one attached hydrogen (secondary N) is 1. The van der Waals surface area contributed by atoms with Crippen molar-refractivity contribution in [2.45, 2.75) is 26.8 Å². The summed E-state index contributed by atoms with van der Waals surface area (Å²) in [6.45, 7) is 8.86. The Kier molecular flexibility index (Phi) is 6.05. The first-order chi connectivity index (χ1) is 8.97. The molecule has 0 saturated carbocycles. The van der Waals surface area contributed by atoms with Crippen LogP contribution in [0.25, 0.3) is 0 Å². The van der Waals surface area contributed by atoms with E-state index in [2.05, 4.69) is 29.0 Å². The van der Waals surface area contributed by atoms with Gasteiger partial charge in [-0.25, -0.2) is 4.98 Å². The fraction of sp³-hybridized carbons (Fsp3) is 0.538. The second-order valence-electron chi connectivity index (χ2n) is 4.47. The van der Waals surface area contributed by atoms with Crippen LogP contribution in [-0.4, -0.2) is 41.5 Å². The molecule has 1 atom stereocenters. The number of rotatable bonds is 6. The van der Waals surface area contributed by atoms with Crippen molar-refractivity contribution in [1.82, 2.24) is 15.2 Å². The standard InChI is InChI=1S/C13H21ClN4O/c1-4-18(5-2)8-9(3)17-13(19)11-6-10(15)7-16-12(11)14/h6-7,9H,4-5,8,15H2,1-3H3,(H,17,19). The number of pyridine rings is 1. The summed E-state index contributed by atoms with van der Waals surface area (Å²) in [6.07, 6.45) is 1.43. The highest BCUT2D eigenvalue weighted by Gasteiger charge is 2.15. The molecule has 1 rings (SSSR count). The molecule has 0 saturated heterocycles. The minimum absolute atomic E-state index is 0.0323. The van der Waals surface area contributed by atoms with Crippen LogP contribution in [0.2, 0.25) is 5.15 Å². The van der Waals surface area contributed by atoms with E-state index in [0.29, 0.717) is 11.3 Å². The molecule has 1 heterocycles. The minimum Gasteiger partial charge on any atom is -0.397 e. The van der Waals surface area contributed by atoms with Crippen molar-refractivity contribution in [3.8, 4) is 0 Å². The molecule has 1 amide bonds. The normalized spacial score (nSPS) is 12.5. The van der Waals surface area contributed by atoms with Crippen LogP contribution in [-0.2, 0) is 0 Å². The van der Waals surface area contributed by atoms with Gasteiger partial charge in [0.2, 0.25) is 0 Å². The number of carbonyl (C=O) groups is 1. The Bertz CT molecular complexity index is 435. The first-order valence-electron chi connectivity index (χ1n) is 6.42. The summed E-state index contributed by atoms with van der Waals surface area (Å²) >= 11 is 5.90. The van der Waals surface area contributed by atoms with Crippen LogP contribution in [0.15, 0.2) is 12.3 Å². The number of nitrogens with two attached hydrogens (primary N) is 1. The molecular weight excluding hydrogens is 264 g/mol. The van der Waals surface area contributed by atoms with Gasteiger partial charge >= 0.3 is 0 Å². The molecule has 19 heavy (non-hydrogen) atoms. The van der Waals surface area contributed by atoms with Crippen molar-refractivity contribution in [2.75, 3.05) is 25.4 Å². The number of halogens is 1. The van der Waals surface area contributed by atoms with Gasteiger partial charge in [-0.2, -0.15) is 0 Å². The molecule has 0 bridgehead atoms. The molecule has 5 nitrogen and oxygen atoms in total. The van der Waals surface area contributed by atoms with E-state index < -0.39 is 0 Å².